The largest absolute Gasteiger partial charge is 0.313 e. The number of thioether (sulfide) groups is 1. The Morgan fingerprint density at radius 3 is 2.74 bits per heavy atom. The molecular formula is C17H19BrN2OS2. The first-order chi connectivity index (χ1) is 10.8. The minimum Gasteiger partial charge on any atom is -0.313 e. The van der Waals surface area contributed by atoms with Crippen molar-refractivity contribution in [3.63, 3.8) is 0 Å². The topological polar surface area (TPSA) is 32.7 Å². The summed E-state index contributed by atoms with van der Waals surface area (Å²) in [5, 5.41) is 2.91. The van der Waals surface area contributed by atoms with Crippen LogP contribution in [0.1, 0.15) is 21.7 Å². The van der Waals surface area contributed by atoms with Crippen LogP contribution >= 0.6 is 40.1 Å². The molecule has 0 spiro atoms. The maximum absolute atomic E-state index is 12.5. The van der Waals surface area contributed by atoms with Gasteiger partial charge in [0.05, 0.1) is 11.4 Å². The Hall–Kier alpha value is -1.11. The van der Waals surface area contributed by atoms with Crippen LogP contribution in [0.4, 0.5) is 5.69 Å². The average molecular weight is 411 g/mol. The fourth-order valence-electron chi connectivity index (χ4n) is 2.39. The van der Waals surface area contributed by atoms with E-state index in [4.69, 9.17) is 0 Å². The monoisotopic (exact) mass is 410 g/mol. The molecule has 0 atom stereocenters. The number of anilines is 1. The fraction of sp³-hybridized carbons (Fsp3) is 0.294. The third-order valence-corrected chi connectivity index (χ3v) is 5.53. The SMILES string of the molecule is Br.Cc1ccccc1N(CC(=O)c1cccs1)C1=NCCCS1. The van der Waals surface area contributed by atoms with Gasteiger partial charge in [0.15, 0.2) is 11.0 Å². The third kappa shape index (κ3) is 4.46. The normalized spacial score (nSPS) is 13.9. The predicted octanol–water partition coefficient (Wildman–Crippen LogP) is 4.82. The number of Topliss-reactive ketones (excluding diaryl/α,β-unsaturated/α-hetero) is 1. The van der Waals surface area contributed by atoms with Crippen LogP contribution in [0, 0.1) is 6.92 Å². The van der Waals surface area contributed by atoms with Crippen LogP contribution in [0.15, 0.2) is 46.8 Å². The number of hydrogen-bond donors (Lipinski definition) is 0. The van der Waals surface area contributed by atoms with E-state index in [0.717, 1.165) is 40.0 Å². The van der Waals surface area contributed by atoms with Gasteiger partial charge in [-0.05, 0) is 36.4 Å². The van der Waals surface area contributed by atoms with Crippen LogP contribution in [0.2, 0.25) is 0 Å². The number of benzene rings is 1. The van der Waals surface area contributed by atoms with Gasteiger partial charge in [-0.1, -0.05) is 36.0 Å². The number of thiophene rings is 1. The van der Waals surface area contributed by atoms with E-state index in [9.17, 15) is 4.79 Å². The summed E-state index contributed by atoms with van der Waals surface area (Å²) in [6, 6.07) is 12.0. The van der Waals surface area contributed by atoms with E-state index in [2.05, 4.69) is 28.9 Å². The van der Waals surface area contributed by atoms with Gasteiger partial charge < -0.3 is 4.90 Å². The highest BCUT2D eigenvalue weighted by Crippen LogP contribution is 2.26. The van der Waals surface area contributed by atoms with Gasteiger partial charge in [-0.25, -0.2) is 0 Å². The molecule has 0 saturated heterocycles. The summed E-state index contributed by atoms with van der Waals surface area (Å²) < 4.78 is 0. The van der Waals surface area contributed by atoms with Crippen molar-refractivity contribution in [3.05, 3.63) is 52.2 Å². The summed E-state index contributed by atoms with van der Waals surface area (Å²) in [6.07, 6.45) is 1.11. The molecule has 0 unspecified atom stereocenters. The van der Waals surface area contributed by atoms with E-state index in [1.165, 1.54) is 11.3 Å². The molecule has 1 aromatic carbocycles. The van der Waals surface area contributed by atoms with Crippen LogP contribution in [-0.4, -0.2) is 29.8 Å². The lowest BCUT2D eigenvalue weighted by molar-refractivity contribution is 0.101. The van der Waals surface area contributed by atoms with E-state index in [1.54, 1.807) is 11.8 Å². The van der Waals surface area contributed by atoms with Gasteiger partial charge in [-0.2, -0.15) is 0 Å². The summed E-state index contributed by atoms with van der Waals surface area (Å²) in [6.45, 7) is 3.26. The maximum Gasteiger partial charge on any atom is 0.192 e. The zero-order chi connectivity index (χ0) is 15.4. The first-order valence-corrected chi connectivity index (χ1v) is 9.19. The Morgan fingerprint density at radius 2 is 2.09 bits per heavy atom. The van der Waals surface area contributed by atoms with Crippen LogP contribution < -0.4 is 4.90 Å². The smallest absolute Gasteiger partial charge is 0.192 e. The lowest BCUT2D eigenvalue weighted by Gasteiger charge is -2.28. The number of halogens is 1. The molecule has 1 aliphatic rings. The molecule has 122 valence electrons. The van der Waals surface area contributed by atoms with E-state index >= 15 is 0 Å². The van der Waals surface area contributed by atoms with E-state index < -0.39 is 0 Å². The molecule has 3 nitrogen and oxygen atoms in total. The number of ketones is 1. The van der Waals surface area contributed by atoms with Crippen LogP contribution in [0.3, 0.4) is 0 Å². The van der Waals surface area contributed by atoms with E-state index in [-0.39, 0.29) is 22.8 Å². The Kier molecular flexibility index (Phi) is 6.87. The molecule has 0 bridgehead atoms. The zero-order valence-electron chi connectivity index (χ0n) is 12.9. The second kappa shape index (κ2) is 8.66. The van der Waals surface area contributed by atoms with Gasteiger partial charge in [0.2, 0.25) is 0 Å². The Morgan fingerprint density at radius 1 is 1.26 bits per heavy atom. The summed E-state index contributed by atoms with van der Waals surface area (Å²) in [4.78, 5) is 20.1. The van der Waals surface area contributed by atoms with Gasteiger partial charge in [-0.3, -0.25) is 9.79 Å². The molecule has 0 amide bonds. The van der Waals surface area contributed by atoms with Crippen molar-refractivity contribution in [1.82, 2.24) is 0 Å². The van der Waals surface area contributed by atoms with Gasteiger partial charge in [0.25, 0.3) is 0 Å². The minimum atomic E-state index is 0. The number of carbonyl (C=O) groups is 1. The van der Waals surface area contributed by atoms with Crippen LogP contribution in [0.5, 0.6) is 0 Å². The number of aliphatic imine (C=N–C) groups is 1. The first-order valence-electron chi connectivity index (χ1n) is 7.33. The Bertz CT molecular complexity index is 686. The van der Waals surface area contributed by atoms with E-state index in [0.29, 0.717) is 6.54 Å². The third-order valence-electron chi connectivity index (χ3n) is 3.52. The molecular weight excluding hydrogens is 392 g/mol. The average Bonchev–Trinajstić information content (AvgIpc) is 3.09. The maximum atomic E-state index is 12.5. The van der Waals surface area contributed by atoms with Crippen LogP contribution in [-0.2, 0) is 0 Å². The molecule has 23 heavy (non-hydrogen) atoms. The van der Waals surface area contributed by atoms with Gasteiger partial charge in [0, 0.05) is 18.0 Å². The van der Waals surface area contributed by atoms with Crippen molar-refractivity contribution in [2.24, 2.45) is 4.99 Å². The number of para-hydroxylation sites is 1. The molecule has 1 aliphatic heterocycles. The predicted molar refractivity (Wildman–Crippen MR) is 107 cm³/mol. The summed E-state index contributed by atoms with van der Waals surface area (Å²) >= 11 is 3.24. The second-order valence-corrected chi connectivity index (χ2v) is 7.15. The number of aryl methyl sites for hydroxylation is 1. The number of hydrogen-bond acceptors (Lipinski definition) is 5. The fourth-order valence-corrected chi connectivity index (χ4v) is 4.01. The lowest BCUT2D eigenvalue weighted by Crippen LogP contribution is -2.35. The molecule has 3 rings (SSSR count). The highest BCUT2D eigenvalue weighted by Gasteiger charge is 2.21. The van der Waals surface area contributed by atoms with Crippen molar-refractivity contribution in [2.45, 2.75) is 13.3 Å². The number of amidine groups is 1. The molecule has 1 aromatic heterocycles. The Labute approximate surface area is 155 Å². The standard InChI is InChI=1S/C17H18N2OS2.BrH/c1-13-6-2-3-7-14(13)19(17-18-9-5-11-22-17)12-15(20)16-8-4-10-21-16;/h2-4,6-8,10H,5,9,11-12H2,1H3;1H. The molecule has 2 aromatic rings. The molecule has 0 saturated carbocycles. The number of rotatable bonds is 4. The van der Waals surface area contributed by atoms with Crippen molar-refractivity contribution < 1.29 is 4.79 Å². The number of carbonyl (C=O) groups excluding carboxylic acids is 1. The summed E-state index contributed by atoms with van der Waals surface area (Å²) in [5.74, 6) is 1.21. The van der Waals surface area contributed by atoms with Crippen molar-refractivity contribution in [3.8, 4) is 0 Å². The zero-order valence-corrected chi connectivity index (χ0v) is 16.2. The molecule has 0 radical (unpaired) electrons. The second-order valence-electron chi connectivity index (χ2n) is 5.14. The first kappa shape index (κ1) is 18.2. The van der Waals surface area contributed by atoms with Gasteiger partial charge in [0.1, 0.15) is 0 Å². The number of nitrogens with zero attached hydrogens (tertiary/aromatic N) is 2. The molecule has 0 N–H and O–H groups in total. The van der Waals surface area contributed by atoms with Gasteiger partial charge in [-0.15, -0.1) is 28.3 Å². The Balaban J connectivity index is 0.00000192. The van der Waals surface area contributed by atoms with Crippen molar-refractivity contribution >= 4 is 56.7 Å². The molecule has 2 heterocycles. The minimum absolute atomic E-state index is 0. The van der Waals surface area contributed by atoms with Crippen molar-refractivity contribution in [1.29, 1.82) is 0 Å². The molecule has 0 aliphatic carbocycles. The van der Waals surface area contributed by atoms with Crippen molar-refractivity contribution in [2.75, 3.05) is 23.7 Å². The lowest BCUT2D eigenvalue weighted by atomic mass is 10.1. The quantitative estimate of drug-likeness (QED) is 0.677. The highest BCUT2D eigenvalue weighted by molar-refractivity contribution is 8.93. The van der Waals surface area contributed by atoms with Gasteiger partial charge >= 0.3 is 0 Å². The highest BCUT2D eigenvalue weighted by atomic mass is 79.9. The summed E-state index contributed by atoms with van der Waals surface area (Å²) in [5.41, 5.74) is 2.23. The summed E-state index contributed by atoms with van der Waals surface area (Å²) in [7, 11) is 0. The molecule has 6 heteroatoms. The van der Waals surface area contributed by atoms with E-state index in [1.807, 2.05) is 29.6 Å². The van der Waals surface area contributed by atoms with Crippen LogP contribution in [0.25, 0.3) is 0 Å². The molecule has 0 fully saturated rings.